The number of rotatable bonds is 5. The molecule has 5 heteroatoms. The molecule has 1 saturated heterocycles. The molecule has 2 aromatic heterocycles. The fourth-order valence-electron chi connectivity index (χ4n) is 3.70. The van der Waals surface area contributed by atoms with Gasteiger partial charge in [-0.15, -0.1) is 0 Å². The lowest BCUT2D eigenvalue weighted by Gasteiger charge is -2.37. The summed E-state index contributed by atoms with van der Waals surface area (Å²) in [7, 11) is 0. The second-order valence-electron chi connectivity index (χ2n) is 7.49. The maximum Gasteiger partial charge on any atom is 0.123 e. The van der Waals surface area contributed by atoms with Gasteiger partial charge in [-0.05, 0) is 37.0 Å². The molecule has 5 nitrogen and oxygen atoms in total. The highest BCUT2D eigenvalue weighted by atomic mass is 16.3. The van der Waals surface area contributed by atoms with Gasteiger partial charge < -0.3 is 9.67 Å². The second-order valence-corrected chi connectivity index (χ2v) is 7.49. The first kappa shape index (κ1) is 17.9. The van der Waals surface area contributed by atoms with Gasteiger partial charge >= 0.3 is 0 Å². The minimum Gasteiger partial charge on any atom is -0.383 e. The lowest BCUT2D eigenvalue weighted by Crippen LogP contribution is -2.43. The lowest BCUT2D eigenvalue weighted by atomic mass is 9.87. The Morgan fingerprint density at radius 3 is 2.48 bits per heavy atom. The molecule has 1 fully saturated rings. The summed E-state index contributed by atoms with van der Waals surface area (Å²) >= 11 is 0. The topological polar surface area (TPSA) is 54.2 Å². The molecule has 0 spiro atoms. The van der Waals surface area contributed by atoms with Crippen LogP contribution in [0.1, 0.15) is 35.5 Å². The van der Waals surface area contributed by atoms with Crippen molar-refractivity contribution in [3.63, 3.8) is 0 Å². The maximum absolute atomic E-state index is 11.0. The summed E-state index contributed by atoms with van der Waals surface area (Å²) in [6.07, 6.45) is 7.14. The summed E-state index contributed by atoms with van der Waals surface area (Å²) in [5.74, 6) is 1.07. The van der Waals surface area contributed by atoms with Crippen molar-refractivity contribution in [3.8, 4) is 0 Å². The zero-order chi connectivity index (χ0) is 18.7. The van der Waals surface area contributed by atoms with Gasteiger partial charge in [0.05, 0.1) is 12.2 Å². The van der Waals surface area contributed by atoms with Gasteiger partial charge in [0.2, 0.25) is 0 Å². The Labute approximate surface area is 160 Å². The molecule has 1 aliphatic rings. The molecule has 0 bridgehead atoms. The Hall–Kier alpha value is -2.50. The summed E-state index contributed by atoms with van der Waals surface area (Å²) < 4.78 is 2.21. The SMILES string of the molecule is Cc1ccc(C2(O)CCN(Cc3nccn3Cc3ccccc3)CC2)nc1. The number of aliphatic hydroxyl groups is 1. The van der Waals surface area contributed by atoms with E-state index in [2.05, 4.69) is 43.7 Å². The van der Waals surface area contributed by atoms with E-state index in [4.69, 9.17) is 0 Å². The Kier molecular flexibility index (Phi) is 5.05. The van der Waals surface area contributed by atoms with E-state index in [1.807, 2.05) is 43.7 Å². The van der Waals surface area contributed by atoms with Crippen molar-refractivity contribution < 1.29 is 5.11 Å². The summed E-state index contributed by atoms with van der Waals surface area (Å²) in [6.45, 7) is 5.33. The van der Waals surface area contributed by atoms with E-state index < -0.39 is 5.60 Å². The highest BCUT2D eigenvalue weighted by Crippen LogP contribution is 2.32. The minimum absolute atomic E-state index is 0.697. The molecule has 3 aromatic rings. The normalized spacial score (nSPS) is 17.1. The fraction of sp³-hybridized carbons (Fsp3) is 0.364. The third-order valence-electron chi connectivity index (χ3n) is 5.43. The molecule has 1 aromatic carbocycles. The summed E-state index contributed by atoms with van der Waals surface area (Å²) in [5, 5.41) is 11.0. The molecule has 4 rings (SSSR count). The van der Waals surface area contributed by atoms with Gasteiger partial charge in [0.1, 0.15) is 11.4 Å². The van der Waals surface area contributed by atoms with Crippen LogP contribution in [0.4, 0.5) is 0 Å². The number of nitrogens with zero attached hydrogens (tertiary/aromatic N) is 4. The highest BCUT2D eigenvalue weighted by Gasteiger charge is 2.35. The van der Waals surface area contributed by atoms with Crippen molar-refractivity contribution in [2.75, 3.05) is 13.1 Å². The van der Waals surface area contributed by atoms with Gasteiger partial charge in [-0.1, -0.05) is 36.4 Å². The van der Waals surface area contributed by atoms with Crippen LogP contribution in [0.15, 0.2) is 61.1 Å². The molecular formula is C22H26N4O. The van der Waals surface area contributed by atoms with Gasteiger partial charge in [0.25, 0.3) is 0 Å². The summed E-state index contributed by atoms with van der Waals surface area (Å²) in [4.78, 5) is 11.4. The number of hydrogen-bond acceptors (Lipinski definition) is 4. The van der Waals surface area contributed by atoms with Crippen LogP contribution in [0, 0.1) is 6.92 Å². The third-order valence-corrected chi connectivity index (χ3v) is 5.43. The van der Waals surface area contributed by atoms with Crippen LogP contribution in [0.2, 0.25) is 0 Å². The van der Waals surface area contributed by atoms with Gasteiger partial charge in [-0.3, -0.25) is 9.88 Å². The van der Waals surface area contributed by atoms with Gasteiger partial charge in [0, 0.05) is 38.2 Å². The summed E-state index contributed by atoms with van der Waals surface area (Å²) in [6, 6.07) is 14.4. The highest BCUT2D eigenvalue weighted by molar-refractivity contribution is 5.19. The lowest BCUT2D eigenvalue weighted by molar-refractivity contribution is -0.0317. The van der Waals surface area contributed by atoms with Gasteiger partial charge in [-0.2, -0.15) is 0 Å². The molecule has 1 aliphatic heterocycles. The second kappa shape index (κ2) is 7.62. The predicted octanol–water partition coefficient (Wildman–Crippen LogP) is 3.12. The van der Waals surface area contributed by atoms with E-state index in [1.54, 1.807) is 0 Å². The smallest absolute Gasteiger partial charge is 0.123 e. The van der Waals surface area contributed by atoms with Crippen molar-refractivity contribution >= 4 is 0 Å². The van der Waals surface area contributed by atoms with Crippen molar-refractivity contribution in [2.24, 2.45) is 0 Å². The third kappa shape index (κ3) is 4.10. The average molecular weight is 362 g/mol. The molecule has 140 valence electrons. The Morgan fingerprint density at radius 2 is 1.78 bits per heavy atom. The van der Waals surface area contributed by atoms with E-state index >= 15 is 0 Å². The summed E-state index contributed by atoms with van der Waals surface area (Å²) in [5.41, 5.74) is 2.36. The molecule has 0 unspecified atom stereocenters. The van der Waals surface area contributed by atoms with Crippen molar-refractivity contribution in [2.45, 2.75) is 38.5 Å². The number of imidazole rings is 1. The molecule has 0 amide bonds. The monoisotopic (exact) mass is 362 g/mol. The largest absolute Gasteiger partial charge is 0.383 e. The van der Waals surface area contributed by atoms with E-state index in [9.17, 15) is 5.11 Å². The molecule has 0 radical (unpaired) electrons. The standard InChI is InChI=1S/C22H26N4O/c1-18-7-8-20(24-15-18)22(27)9-12-25(13-10-22)17-21-23-11-14-26(21)16-19-5-3-2-4-6-19/h2-8,11,14-15,27H,9-10,12-13,16-17H2,1H3. The van der Waals surface area contributed by atoms with Crippen LogP contribution < -0.4 is 0 Å². The minimum atomic E-state index is -0.816. The number of piperidine rings is 1. The van der Waals surface area contributed by atoms with Crippen molar-refractivity contribution in [1.29, 1.82) is 0 Å². The first-order valence-electron chi connectivity index (χ1n) is 9.54. The predicted molar refractivity (Wildman–Crippen MR) is 105 cm³/mol. The molecule has 3 heterocycles. The van der Waals surface area contributed by atoms with E-state index in [1.165, 1.54) is 5.56 Å². The Bertz CT molecular complexity index is 865. The van der Waals surface area contributed by atoms with Crippen molar-refractivity contribution in [1.82, 2.24) is 19.4 Å². The number of aryl methyl sites for hydroxylation is 1. The fourth-order valence-corrected chi connectivity index (χ4v) is 3.70. The number of hydrogen-bond donors (Lipinski definition) is 1. The number of pyridine rings is 1. The first-order chi connectivity index (χ1) is 13.1. The maximum atomic E-state index is 11.0. The number of aromatic nitrogens is 3. The molecule has 0 aliphatic carbocycles. The van der Waals surface area contributed by atoms with Crippen LogP contribution >= 0.6 is 0 Å². The van der Waals surface area contributed by atoms with Gasteiger partial charge in [0.15, 0.2) is 0 Å². The molecular weight excluding hydrogens is 336 g/mol. The van der Waals surface area contributed by atoms with Crippen molar-refractivity contribution in [3.05, 3.63) is 83.7 Å². The number of likely N-dealkylation sites (tertiary alicyclic amines) is 1. The molecule has 0 saturated carbocycles. The van der Waals surface area contributed by atoms with Crippen LogP contribution in [-0.2, 0) is 18.7 Å². The first-order valence-corrected chi connectivity index (χ1v) is 9.54. The number of benzene rings is 1. The molecule has 1 N–H and O–H groups in total. The van der Waals surface area contributed by atoms with Crippen LogP contribution in [-0.4, -0.2) is 37.6 Å². The van der Waals surface area contributed by atoms with E-state index in [0.29, 0.717) is 12.8 Å². The van der Waals surface area contributed by atoms with Crippen LogP contribution in [0.3, 0.4) is 0 Å². The molecule has 0 atom stereocenters. The van der Waals surface area contributed by atoms with Crippen LogP contribution in [0.5, 0.6) is 0 Å². The van der Waals surface area contributed by atoms with E-state index in [-0.39, 0.29) is 0 Å². The average Bonchev–Trinajstić information content (AvgIpc) is 3.12. The zero-order valence-electron chi connectivity index (χ0n) is 15.8. The van der Waals surface area contributed by atoms with Crippen LogP contribution in [0.25, 0.3) is 0 Å². The Balaban J connectivity index is 1.39. The molecule has 27 heavy (non-hydrogen) atoms. The Morgan fingerprint density at radius 1 is 1.00 bits per heavy atom. The van der Waals surface area contributed by atoms with E-state index in [0.717, 1.165) is 43.3 Å². The van der Waals surface area contributed by atoms with Gasteiger partial charge in [-0.25, -0.2) is 4.98 Å². The zero-order valence-corrected chi connectivity index (χ0v) is 15.8. The quantitative estimate of drug-likeness (QED) is 0.758.